The molecule has 0 atom stereocenters. The minimum absolute atomic E-state index is 0.102. The molecule has 5 nitrogen and oxygen atoms in total. The number of hydrogen-bond donors (Lipinski definition) is 2. The van der Waals surface area contributed by atoms with E-state index in [1.165, 1.54) is 0 Å². The number of pyridine rings is 1. The van der Waals surface area contributed by atoms with Crippen molar-refractivity contribution in [2.45, 2.75) is 38.1 Å². The molecule has 0 radical (unpaired) electrons. The van der Waals surface area contributed by atoms with Gasteiger partial charge in [-0.2, -0.15) is 0 Å². The maximum atomic E-state index is 11.9. The summed E-state index contributed by atoms with van der Waals surface area (Å²) < 4.78 is 0. The van der Waals surface area contributed by atoms with Crippen LogP contribution in [0.2, 0.25) is 0 Å². The second kappa shape index (κ2) is 6.31. The number of carbonyl (C=O) groups is 2. The number of carboxylic acids is 1. The highest BCUT2D eigenvalue weighted by molar-refractivity contribution is 5.94. The fourth-order valence-electron chi connectivity index (χ4n) is 2.52. The summed E-state index contributed by atoms with van der Waals surface area (Å²) in [6.07, 6.45) is 6.85. The first-order valence-corrected chi connectivity index (χ1v) is 6.58. The fraction of sp³-hybridized carbons (Fsp3) is 0.500. The van der Waals surface area contributed by atoms with E-state index in [1.807, 2.05) is 0 Å². The molecule has 2 N–H and O–H groups in total. The molecule has 0 spiro atoms. The van der Waals surface area contributed by atoms with Gasteiger partial charge in [0.25, 0.3) is 5.91 Å². The number of amides is 1. The van der Waals surface area contributed by atoms with Crippen molar-refractivity contribution in [3.05, 3.63) is 30.1 Å². The Kier molecular flexibility index (Phi) is 4.49. The molecule has 102 valence electrons. The zero-order valence-electron chi connectivity index (χ0n) is 10.7. The Morgan fingerprint density at radius 3 is 2.63 bits per heavy atom. The van der Waals surface area contributed by atoms with Gasteiger partial charge >= 0.3 is 5.97 Å². The predicted molar refractivity (Wildman–Crippen MR) is 69.7 cm³/mol. The highest BCUT2D eigenvalue weighted by Gasteiger charge is 2.24. The Bertz CT molecular complexity index is 439. The molecule has 19 heavy (non-hydrogen) atoms. The summed E-state index contributed by atoms with van der Waals surface area (Å²) in [5.41, 5.74) is 0.565. The molecule has 1 aliphatic rings. The summed E-state index contributed by atoms with van der Waals surface area (Å²) in [6, 6.07) is 3.62. The van der Waals surface area contributed by atoms with E-state index >= 15 is 0 Å². The summed E-state index contributed by atoms with van der Waals surface area (Å²) in [7, 11) is 0. The number of carbonyl (C=O) groups excluding carboxylic acids is 1. The van der Waals surface area contributed by atoms with E-state index in [1.54, 1.807) is 24.5 Å². The van der Waals surface area contributed by atoms with Crippen LogP contribution in [0.5, 0.6) is 0 Å². The van der Waals surface area contributed by atoms with Gasteiger partial charge in [-0.3, -0.25) is 14.6 Å². The second-order valence-electron chi connectivity index (χ2n) is 5.03. The average molecular weight is 262 g/mol. The lowest BCUT2D eigenvalue weighted by molar-refractivity contribution is -0.138. The number of hydrogen-bond acceptors (Lipinski definition) is 3. The Morgan fingerprint density at radius 2 is 2.05 bits per heavy atom. The normalized spacial score (nSPS) is 22.7. The quantitative estimate of drug-likeness (QED) is 0.867. The summed E-state index contributed by atoms with van der Waals surface area (Å²) in [5.74, 6) is -0.582. The molecule has 1 fully saturated rings. The van der Waals surface area contributed by atoms with Gasteiger partial charge in [-0.1, -0.05) is 0 Å². The van der Waals surface area contributed by atoms with E-state index in [2.05, 4.69) is 10.3 Å². The van der Waals surface area contributed by atoms with Crippen molar-refractivity contribution in [2.24, 2.45) is 5.92 Å². The molecule has 0 aliphatic heterocycles. The lowest BCUT2D eigenvalue weighted by Crippen LogP contribution is -2.37. The third-order valence-corrected chi connectivity index (χ3v) is 3.57. The van der Waals surface area contributed by atoms with Crippen LogP contribution in [-0.2, 0) is 4.79 Å². The monoisotopic (exact) mass is 262 g/mol. The minimum atomic E-state index is -0.733. The van der Waals surface area contributed by atoms with Gasteiger partial charge < -0.3 is 10.4 Å². The number of carboxylic acid groups (broad SMARTS) is 1. The molecule has 1 saturated carbocycles. The van der Waals surface area contributed by atoms with Crippen LogP contribution < -0.4 is 5.32 Å². The lowest BCUT2D eigenvalue weighted by Gasteiger charge is -2.28. The van der Waals surface area contributed by atoms with E-state index in [4.69, 9.17) is 5.11 Å². The molecule has 1 heterocycles. The molecule has 1 amide bonds. The Balaban J connectivity index is 1.80. The van der Waals surface area contributed by atoms with Crippen LogP contribution in [0.1, 0.15) is 42.5 Å². The highest BCUT2D eigenvalue weighted by Crippen LogP contribution is 2.26. The summed E-state index contributed by atoms with van der Waals surface area (Å²) in [5, 5.41) is 11.7. The molecule has 1 aromatic rings. The van der Waals surface area contributed by atoms with Crippen molar-refractivity contribution in [1.82, 2.24) is 10.3 Å². The Hall–Kier alpha value is -1.91. The van der Waals surface area contributed by atoms with Gasteiger partial charge in [0.2, 0.25) is 0 Å². The number of aromatic nitrogens is 1. The molecule has 0 saturated heterocycles. The molecule has 1 aromatic heterocycles. The number of nitrogens with one attached hydrogen (secondary N) is 1. The van der Waals surface area contributed by atoms with Crippen LogP contribution in [0.15, 0.2) is 24.5 Å². The smallest absolute Gasteiger partial charge is 0.303 e. The number of aliphatic carboxylic acids is 1. The van der Waals surface area contributed by atoms with Gasteiger partial charge in [0.15, 0.2) is 0 Å². The molecule has 0 unspecified atom stereocenters. The van der Waals surface area contributed by atoms with E-state index in [-0.39, 0.29) is 24.3 Å². The third-order valence-electron chi connectivity index (χ3n) is 3.57. The van der Waals surface area contributed by atoms with Crippen LogP contribution in [0, 0.1) is 5.92 Å². The van der Waals surface area contributed by atoms with E-state index in [0.717, 1.165) is 25.7 Å². The van der Waals surface area contributed by atoms with Crippen LogP contribution in [0.25, 0.3) is 0 Å². The second-order valence-corrected chi connectivity index (χ2v) is 5.03. The summed E-state index contributed by atoms with van der Waals surface area (Å²) in [6.45, 7) is 0. The zero-order valence-corrected chi connectivity index (χ0v) is 10.7. The predicted octanol–water partition coefficient (Wildman–Crippen LogP) is 1.84. The van der Waals surface area contributed by atoms with Gasteiger partial charge in [0.1, 0.15) is 0 Å². The third kappa shape index (κ3) is 4.05. The molecule has 1 aliphatic carbocycles. The fourth-order valence-corrected chi connectivity index (χ4v) is 2.52. The molecule has 0 aromatic carbocycles. The van der Waals surface area contributed by atoms with Crippen molar-refractivity contribution < 1.29 is 14.7 Å². The standard InChI is InChI=1S/C14H18N2O3/c17-13(18)8-10-3-5-12(6-4-10)16-14(19)11-2-1-7-15-9-11/h1-2,7,9-10,12H,3-6,8H2,(H,16,19)(H,17,18). The van der Waals surface area contributed by atoms with Crippen molar-refractivity contribution in [3.63, 3.8) is 0 Å². The summed E-state index contributed by atoms with van der Waals surface area (Å²) in [4.78, 5) is 26.5. The SMILES string of the molecule is O=C(O)CC1CCC(NC(=O)c2cccnc2)CC1. The number of nitrogens with zero attached hydrogens (tertiary/aromatic N) is 1. The van der Waals surface area contributed by atoms with Gasteiger partial charge in [-0.15, -0.1) is 0 Å². The molecular formula is C14H18N2O3. The maximum absolute atomic E-state index is 11.9. The van der Waals surface area contributed by atoms with Gasteiger partial charge in [0, 0.05) is 24.9 Å². The molecule has 0 bridgehead atoms. The minimum Gasteiger partial charge on any atom is -0.481 e. The van der Waals surface area contributed by atoms with Crippen LogP contribution >= 0.6 is 0 Å². The Morgan fingerprint density at radius 1 is 1.32 bits per heavy atom. The molecule has 5 heteroatoms. The highest BCUT2D eigenvalue weighted by atomic mass is 16.4. The van der Waals surface area contributed by atoms with E-state index in [0.29, 0.717) is 5.56 Å². The van der Waals surface area contributed by atoms with Crippen molar-refractivity contribution in [3.8, 4) is 0 Å². The van der Waals surface area contributed by atoms with Crippen molar-refractivity contribution >= 4 is 11.9 Å². The zero-order chi connectivity index (χ0) is 13.7. The first-order valence-electron chi connectivity index (χ1n) is 6.58. The van der Waals surface area contributed by atoms with Crippen LogP contribution in [0.4, 0.5) is 0 Å². The van der Waals surface area contributed by atoms with E-state index < -0.39 is 5.97 Å². The molecular weight excluding hydrogens is 244 g/mol. The van der Waals surface area contributed by atoms with Crippen LogP contribution in [-0.4, -0.2) is 28.0 Å². The van der Waals surface area contributed by atoms with Gasteiger partial charge in [0.05, 0.1) is 5.56 Å². The van der Waals surface area contributed by atoms with Gasteiger partial charge in [-0.25, -0.2) is 0 Å². The lowest BCUT2D eigenvalue weighted by atomic mass is 9.84. The number of rotatable bonds is 4. The van der Waals surface area contributed by atoms with Crippen molar-refractivity contribution in [1.29, 1.82) is 0 Å². The topological polar surface area (TPSA) is 79.3 Å². The van der Waals surface area contributed by atoms with Crippen molar-refractivity contribution in [2.75, 3.05) is 0 Å². The van der Waals surface area contributed by atoms with Gasteiger partial charge in [-0.05, 0) is 43.7 Å². The molecule has 2 rings (SSSR count). The largest absolute Gasteiger partial charge is 0.481 e. The first kappa shape index (κ1) is 13.5. The average Bonchev–Trinajstić information content (AvgIpc) is 2.41. The van der Waals surface area contributed by atoms with E-state index in [9.17, 15) is 9.59 Å². The van der Waals surface area contributed by atoms with Crippen LogP contribution in [0.3, 0.4) is 0 Å². The Labute approximate surface area is 112 Å². The maximum Gasteiger partial charge on any atom is 0.303 e. The first-order chi connectivity index (χ1) is 9.15. The summed E-state index contributed by atoms with van der Waals surface area (Å²) >= 11 is 0.